The molecule has 4 aromatic rings. The van der Waals surface area contributed by atoms with Crippen molar-refractivity contribution < 1.29 is 0 Å². The monoisotopic (exact) mass is 382 g/mol. The molecule has 1 saturated carbocycles. The second kappa shape index (κ2) is 5.63. The molecule has 2 atom stereocenters. The minimum absolute atomic E-state index is 0.332. The molecule has 0 aromatic carbocycles. The normalized spacial score (nSPS) is 19.1. The minimum atomic E-state index is 0.332. The van der Waals surface area contributed by atoms with E-state index in [0.29, 0.717) is 11.8 Å². The third-order valence-electron chi connectivity index (χ3n) is 5.20. The summed E-state index contributed by atoms with van der Waals surface area (Å²) >= 11 is 6.31. The van der Waals surface area contributed by atoms with Crippen LogP contribution >= 0.6 is 11.6 Å². The summed E-state index contributed by atoms with van der Waals surface area (Å²) in [7, 11) is 3.84. The summed E-state index contributed by atoms with van der Waals surface area (Å²) in [6, 6.07) is 4.15. The fraction of sp³-hybridized carbons (Fsp3) is 0.389. The summed E-state index contributed by atoms with van der Waals surface area (Å²) in [6.07, 6.45) is 2.86. The highest BCUT2D eigenvalue weighted by Gasteiger charge is 2.44. The maximum atomic E-state index is 6.31. The highest BCUT2D eigenvalue weighted by Crippen LogP contribution is 2.55. The molecular formula is C18H19ClN8. The fourth-order valence-corrected chi connectivity index (χ4v) is 4.04. The lowest BCUT2D eigenvalue weighted by Gasteiger charge is -2.04. The average molecular weight is 383 g/mol. The largest absolute Gasteiger partial charge is 0.274 e. The molecule has 9 heteroatoms. The second-order valence-electron chi connectivity index (χ2n) is 7.26. The van der Waals surface area contributed by atoms with Crippen LogP contribution in [0.25, 0.3) is 17.0 Å². The zero-order chi connectivity index (χ0) is 18.9. The van der Waals surface area contributed by atoms with Gasteiger partial charge >= 0.3 is 0 Å². The van der Waals surface area contributed by atoms with Gasteiger partial charge in [-0.3, -0.25) is 9.36 Å². The second-order valence-corrected chi connectivity index (χ2v) is 7.67. The Morgan fingerprint density at radius 1 is 1.04 bits per heavy atom. The van der Waals surface area contributed by atoms with Gasteiger partial charge in [-0.25, -0.2) is 0 Å². The first-order valence-corrected chi connectivity index (χ1v) is 9.23. The predicted octanol–water partition coefficient (Wildman–Crippen LogP) is 2.80. The Morgan fingerprint density at radius 2 is 1.85 bits per heavy atom. The van der Waals surface area contributed by atoms with E-state index in [0.717, 1.165) is 51.3 Å². The molecule has 0 saturated heterocycles. The third kappa shape index (κ3) is 2.55. The van der Waals surface area contributed by atoms with Crippen molar-refractivity contribution in [2.45, 2.75) is 32.1 Å². The Kier molecular flexibility index (Phi) is 3.42. The molecule has 0 bridgehead atoms. The van der Waals surface area contributed by atoms with Crippen LogP contribution in [0.5, 0.6) is 0 Å². The number of nitrogens with zero attached hydrogens (tertiary/aromatic N) is 8. The van der Waals surface area contributed by atoms with Crippen LogP contribution in [0.15, 0.2) is 18.3 Å². The van der Waals surface area contributed by atoms with Gasteiger partial charge in [0.2, 0.25) is 0 Å². The van der Waals surface area contributed by atoms with Gasteiger partial charge in [-0.15, -0.1) is 10.2 Å². The van der Waals surface area contributed by atoms with Crippen molar-refractivity contribution in [1.82, 2.24) is 39.4 Å². The fourth-order valence-electron chi connectivity index (χ4n) is 3.72. The van der Waals surface area contributed by atoms with Gasteiger partial charge in [0, 0.05) is 32.1 Å². The SMILES string of the molecule is Cc1cc(-c2cc(C3CC3c3nn(C)cc3Cl)nn2C)nn2c(C)nnc12. The van der Waals surface area contributed by atoms with Crippen LogP contribution < -0.4 is 0 Å². The van der Waals surface area contributed by atoms with Gasteiger partial charge < -0.3 is 0 Å². The molecule has 0 spiro atoms. The van der Waals surface area contributed by atoms with Gasteiger partial charge in [0.05, 0.1) is 22.1 Å². The predicted molar refractivity (Wildman–Crippen MR) is 101 cm³/mol. The number of fused-ring (bicyclic) bond motifs is 1. The van der Waals surface area contributed by atoms with Crippen LogP contribution in [-0.4, -0.2) is 39.4 Å². The average Bonchev–Trinajstić information content (AvgIpc) is 2.99. The molecule has 138 valence electrons. The molecule has 0 radical (unpaired) electrons. The number of rotatable bonds is 3. The molecule has 4 heterocycles. The molecule has 4 aromatic heterocycles. The smallest absolute Gasteiger partial charge is 0.180 e. The number of hydrogen-bond acceptors (Lipinski definition) is 5. The van der Waals surface area contributed by atoms with E-state index in [9.17, 15) is 0 Å². The Bertz CT molecular complexity index is 1180. The first-order chi connectivity index (χ1) is 12.9. The van der Waals surface area contributed by atoms with Crippen LogP contribution in [0.4, 0.5) is 0 Å². The van der Waals surface area contributed by atoms with E-state index < -0.39 is 0 Å². The molecule has 2 unspecified atom stereocenters. The molecule has 27 heavy (non-hydrogen) atoms. The first-order valence-electron chi connectivity index (χ1n) is 8.85. The van der Waals surface area contributed by atoms with E-state index in [-0.39, 0.29) is 0 Å². The van der Waals surface area contributed by atoms with Crippen molar-refractivity contribution in [2.24, 2.45) is 14.1 Å². The van der Waals surface area contributed by atoms with Crippen LogP contribution in [-0.2, 0) is 14.1 Å². The molecule has 1 fully saturated rings. The zero-order valence-corrected chi connectivity index (χ0v) is 16.3. The van der Waals surface area contributed by atoms with Crippen LogP contribution in [0.2, 0.25) is 5.02 Å². The van der Waals surface area contributed by atoms with E-state index in [2.05, 4.69) is 21.4 Å². The van der Waals surface area contributed by atoms with Crippen molar-refractivity contribution >= 4 is 17.2 Å². The topological polar surface area (TPSA) is 78.7 Å². The quantitative estimate of drug-likeness (QED) is 0.544. The van der Waals surface area contributed by atoms with Crippen molar-refractivity contribution in [3.63, 3.8) is 0 Å². The summed E-state index contributed by atoms with van der Waals surface area (Å²) < 4.78 is 5.43. The van der Waals surface area contributed by atoms with Crippen LogP contribution in [0, 0.1) is 13.8 Å². The Labute approximate surface area is 160 Å². The van der Waals surface area contributed by atoms with Gasteiger partial charge in [0.25, 0.3) is 0 Å². The van der Waals surface area contributed by atoms with Gasteiger partial charge in [-0.2, -0.15) is 19.8 Å². The van der Waals surface area contributed by atoms with E-state index >= 15 is 0 Å². The summed E-state index contributed by atoms with van der Waals surface area (Å²) in [5.41, 5.74) is 5.67. The third-order valence-corrected chi connectivity index (χ3v) is 5.49. The van der Waals surface area contributed by atoms with Crippen molar-refractivity contribution in [2.75, 3.05) is 0 Å². The molecule has 1 aliphatic rings. The Balaban J connectivity index is 1.51. The van der Waals surface area contributed by atoms with Crippen molar-refractivity contribution in [3.05, 3.63) is 46.1 Å². The van der Waals surface area contributed by atoms with Gasteiger partial charge in [0.1, 0.15) is 5.69 Å². The lowest BCUT2D eigenvalue weighted by molar-refractivity contribution is 0.727. The highest BCUT2D eigenvalue weighted by molar-refractivity contribution is 6.31. The number of aromatic nitrogens is 8. The van der Waals surface area contributed by atoms with E-state index in [1.807, 2.05) is 44.9 Å². The van der Waals surface area contributed by atoms with E-state index in [4.69, 9.17) is 21.8 Å². The van der Waals surface area contributed by atoms with E-state index in [1.165, 1.54) is 0 Å². The van der Waals surface area contributed by atoms with Crippen LogP contribution in [0.1, 0.15) is 41.0 Å². The number of aryl methyl sites for hydroxylation is 4. The molecular weight excluding hydrogens is 364 g/mol. The highest BCUT2D eigenvalue weighted by atomic mass is 35.5. The molecule has 8 nitrogen and oxygen atoms in total. The maximum absolute atomic E-state index is 6.31. The van der Waals surface area contributed by atoms with Gasteiger partial charge in [-0.1, -0.05) is 11.6 Å². The lowest BCUT2D eigenvalue weighted by atomic mass is 10.1. The standard InChI is InChI=1S/C18H19ClN8/c1-9-5-15(23-27-10(2)20-21-18(9)27)16-7-14(22-26(16)4)11-6-12(11)17-13(19)8-25(3)24-17/h5,7-8,11-12H,6H2,1-4H3. The van der Waals surface area contributed by atoms with Crippen molar-refractivity contribution in [3.8, 4) is 11.4 Å². The molecule has 0 N–H and O–H groups in total. The minimum Gasteiger partial charge on any atom is -0.274 e. The Morgan fingerprint density at radius 3 is 2.59 bits per heavy atom. The first kappa shape index (κ1) is 16.4. The zero-order valence-electron chi connectivity index (χ0n) is 15.5. The van der Waals surface area contributed by atoms with Gasteiger partial charge in [0.15, 0.2) is 11.5 Å². The lowest BCUT2D eigenvalue weighted by Crippen LogP contribution is -2.02. The Hall–Kier alpha value is -2.74. The summed E-state index contributed by atoms with van der Waals surface area (Å²) in [4.78, 5) is 0. The molecule has 5 rings (SSSR count). The van der Waals surface area contributed by atoms with Gasteiger partial charge in [-0.05, 0) is 38.0 Å². The maximum Gasteiger partial charge on any atom is 0.180 e. The van der Waals surface area contributed by atoms with Crippen LogP contribution in [0.3, 0.4) is 0 Å². The van der Waals surface area contributed by atoms with E-state index in [1.54, 1.807) is 9.20 Å². The summed E-state index contributed by atoms with van der Waals surface area (Å²) in [5.74, 6) is 1.45. The van der Waals surface area contributed by atoms with Crippen molar-refractivity contribution in [1.29, 1.82) is 0 Å². The summed E-state index contributed by atoms with van der Waals surface area (Å²) in [5, 5.41) is 23.0. The number of hydrogen-bond donors (Lipinski definition) is 0. The summed E-state index contributed by atoms with van der Waals surface area (Å²) in [6.45, 7) is 3.92. The number of halogens is 1. The molecule has 1 aliphatic carbocycles. The molecule has 0 amide bonds. The molecule has 0 aliphatic heterocycles.